The number of hydrogen-bond acceptors (Lipinski definition) is 6. The van der Waals surface area contributed by atoms with Gasteiger partial charge in [-0.2, -0.15) is 0 Å². The lowest BCUT2D eigenvalue weighted by Crippen LogP contribution is -2.59. The Bertz CT molecular complexity index is 1100. The molecule has 10 nitrogen and oxygen atoms in total. The molecule has 38 heavy (non-hydrogen) atoms. The molecule has 1 unspecified atom stereocenters. The van der Waals surface area contributed by atoms with E-state index in [9.17, 15) is 19.2 Å². The molecule has 4 rings (SSSR count). The van der Waals surface area contributed by atoms with Gasteiger partial charge in [0, 0.05) is 24.8 Å². The van der Waals surface area contributed by atoms with Gasteiger partial charge in [0.15, 0.2) is 0 Å². The summed E-state index contributed by atoms with van der Waals surface area (Å²) in [5, 5.41) is 5.86. The van der Waals surface area contributed by atoms with Gasteiger partial charge in [-0.15, -0.1) is 0 Å². The smallest absolute Gasteiger partial charge is 0.410 e. The van der Waals surface area contributed by atoms with Crippen molar-refractivity contribution in [3.05, 3.63) is 29.8 Å². The Balaban J connectivity index is 1.44. The molecule has 1 saturated carbocycles. The number of anilines is 1. The molecule has 1 aromatic rings. The van der Waals surface area contributed by atoms with E-state index in [4.69, 9.17) is 10.5 Å². The number of benzene rings is 1. The first-order valence-electron chi connectivity index (χ1n) is 13.5. The number of likely N-dealkylation sites (N-methyl/N-ethyl adjacent to an activating group) is 1. The second-order valence-corrected chi connectivity index (χ2v) is 12.0. The summed E-state index contributed by atoms with van der Waals surface area (Å²) < 4.78 is 5.38. The van der Waals surface area contributed by atoms with E-state index in [1.807, 2.05) is 18.2 Å². The number of ether oxygens (including phenoxy) is 1. The summed E-state index contributed by atoms with van der Waals surface area (Å²) in [7, 11) is 1.50. The first-order chi connectivity index (χ1) is 17.8. The van der Waals surface area contributed by atoms with Crippen LogP contribution in [0.1, 0.15) is 71.8 Å². The standard InChI is InChI=1S/C28H41N5O5/c1-17(32(5)26(37)38-27(2,3)4)23(34)31-21-11-7-9-19-15-28(19)13-12-22(33(28)25(21)36)24(35)30-16-18-8-6-10-20(29)14-18/h6,8,10,14,17,19,21-22H,7,9,11-13,15-16,29H2,1-5H3,(H,30,35)(H,31,34)/t17-,19?,21-,22-,28+/m0/s1. The number of nitrogens with zero attached hydrogens (tertiary/aromatic N) is 2. The van der Waals surface area contributed by atoms with E-state index in [2.05, 4.69) is 10.6 Å². The predicted octanol–water partition coefficient (Wildman–Crippen LogP) is 2.56. The quantitative estimate of drug-likeness (QED) is 0.487. The number of carbonyl (C=O) groups excluding carboxylic acids is 4. The Morgan fingerprint density at radius 3 is 2.66 bits per heavy atom. The van der Waals surface area contributed by atoms with Gasteiger partial charge in [-0.3, -0.25) is 19.3 Å². The molecule has 0 aromatic heterocycles. The van der Waals surface area contributed by atoms with E-state index in [-0.39, 0.29) is 17.4 Å². The minimum atomic E-state index is -0.832. The first kappa shape index (κ1) is 27.7. The molecule has 3 fully saturated rings. The molecule has 10 heteroatoms. The van der Waals surface area contributed by atoms with Crippen LogP contribution in [0, 0.1) is 5.92 Å². The topological polar surface area (TPSA) is 134 Å². The Morgan fingerprint density at radius 2 is 1.97 bits per heavy atom. The molecular weight excluding hydrogens is 486 g/mol. The molecule has 208 valence electrons. The fourth-order valence-electron chi connectivity index (χ4n) is 5.87. The fourth-order valence-corrected chi connectivity index (χ4v) is 5.87. The maximum atomic E-state index is 13.9. The number of nitrogens with one attached hydrogen (secondary N) is 2. The largest absolute Gasteiger partial charge is 0.444 e. The van der Waals surface area contributed by atoms with Crippen LogP contribution < -0.4 is 16.4 Å². The van der Waals surface area contributed by atoms with Crippen LogP contribution in [0.15, 0.2) is 24.3 Å². The molecule has 4 amide bonds. The molecule has 1 spiro atoms. The second-order valence-electron chi connectivity index (χ2n) is 12.0. The highest BCUT2D eigenvalue weighted by atomic mass is 16.6. The lowest BCUT2D eigenvalue weighted by molar-refractivity contribution is -0.145. The van der Waals surface area contributed by atoms with Crippen molar-refractivity contribution in [3.63, 3.8) is 0 Å². The number of carbonyl (C=O) groups is 4. The molecule has 4 N–H and O–H groups in total. The van der Waals surface area contributed by atoms with Crippen LogP contribution in [0.2, 0.25) is 0 Å². The number of nitrogens with two attached hydrogens (primary N) is 1. The summed E-state index contributed by atoms with van der Waals surface area (Å²) in [4.78, 5) is 55.8. The number of hydrogen-bond donors (Lipinski definition) is 3. The predicted molar refractivity (Wildman–Crippen MR) is 143 cm³/mol. The highest BCUT2D eigenvalue weighted by Crippen LogP contribution is 2.59. The van der Waals surface area contributed by atoms with Crippen molar-refractivity contribution < 1.29 is 23.9 Å². The highest BCUT2D eigenvalue weighted by Gasteiger charge is 2.65. The normalized spacial score (nSPS) is 27.2. The minimum Gasteiger partial charge on any atom is -0.444 e. The van der Waals surface area contributed by atoms with E-state index in [1.165, 1.54) is 11.9 Å². The second kappa shape index (κ2) is 10.5. The summed E-state index contributed by atoms with van der Waals surface area (Å²) in [6, 6.07) is 5.18. The van der Waals surface area contributed by atoms with Crippen LogP contribution in [0.4, 0.5) is 10.5 Å². The SMILES string of the molecule is C[C@@H](C(=O)N[C@H]1CCCC2C[C@]23CC[C@@H](C(=O)NCc2cccc(N)c2)N3C1=O)N(C)C(=O)OC(C)(C)C. The Labute approximate surface area is 224 Å². The lowest BCUT2D eigenvalue weighted by atomic mass is 9.98. The average Bonchev–Trinajstić information content (AvgIpc) is 3.38. The van der Waals surface area contributed by atoms with E-state index in [0.717, 1.165) is 31.2 Å². The average molecular weight is 528 g/mol. The molecule has 3 aliphatic rings. The zero-order chi connectivity index (χ0) is 27.8. The fraction of sp³-hybridized carbons (Fsp3) is 0.643. The van der Waals surface area contributed by atoms with Gasteiger partial charge >= 0.3 is 6.09 Å². The van der Waals surface area contributed by atoms with Crippen molar-refractivity contribution in [1.82, 2.24) is 20.4 Å². The van der Waals surface area contributed by atoms with E-state index >= 15 is 0 Å². The van der Waals surface area contributed by atoms with Crippen molar-refractivity contribution in [2.24, 2.45) is 5.92 Å². The van der Waals surface area contributed by atoms with Crippen molar-refractivity contribution in [2.45, 2.75) is 102 Å². The maximum absolute atomic E-state index is 13.9. The van der Waals surface area contributed by atoms with Crippen LogP contribution >= 0.6 is 0 Å². The van der Waals surface area contributed by atoms with Crippen LogP contribution in [0.5, 0.6) is 0 Å². The molecular formula is C28H41N5O5. The van der Waals surface area contributed by atoms with Gasteiger partial charge in [0.05, 0.1) is 0 Å². The summed E-state index contributed by atoms with van der Waals surface area (Å²) >= 11 is 0. The van der Waals surface area contributed by atoms with Crippen molar-refractivity contribution >= 4 is 29.5 Å². The molecule has 1 aromatic carbocycles. The first-order valence-corrected chi connectivity index (χ1v) is 13.5. The van der Waals surface area contributed by atoms with Gasteiger partial charge in [0.1, 0.15) is 23.7 Å². The molecule has 2 heterocycles. The number of amides is 4. The van der Waals surface area contributed by atoms with E-state index in [0.29, 0.717) is 31.0 Å². The van der Waals surface area contributed by atoms with Gasteiger partial charge in [-0.05, 0) is 83.4 Å². The molecule has 0 radical (unpaired) electrons. The highest BCUT2D eigenvalue weighted by molar-refractivity contribution is 5.95. The third-order valence-corrected chi connectivity index (χ3v) is 8.10. The lowest BCUT2D eigenvalue weighted by Gasteiger charge is -2.36. The number of nitrogen functional groups attached to an aromatic ring is 1. The summed E-state index contributed by atoms with van der Waals surface area (Å²) in [5.41, 5.74) is 6.39. The van der Waals surface area contributed by atoms with E-state index < -0.39 is 35.7 Å². The van der Waals surface area contributed by atoms with Crippen molar-refractivity contribution in [1.29, 1.82) is 0 Å². The summed E-state index contributed by atoms with van der Waals surface area (Å²) in [6.45, 7) is 7.21. The van der Waals surface area contributed by atoms with Gasteiger partial charge < -0.3 is 26.0 Å². The Morgan fingerprint density at radius 1 is 1.24 bits per heavy atom. The van der Waals surface area contributed by atoms with Gasteiger partial charge in [-0.1, -0.05) is 18.6 Å². The van der Waals surface area contributed by atoms with Crippen LogP contribution in [0.25, 0.3) is 0 Å². The third-order valence-electron chi connectivity index (χ3n) is 8.10. The van der Waals surface area contributed by atoms with Gasteiger partial charge in [0.25, 0.3) is 0 Å². The molecule has 2 saturated heterocycles. The van der Waals surface area contributed by atoms with Crippen molar-refractivity contribution in [3.8, 4) is 0 Å². The maximum Gasteiger partial charge on any atom is 0.410 e. The molecule has 5 atom stereocenters. The van der Waals surface area contributed by atoms with Crippen LogP contribution in [-0.2, 0) is 25.7 Å². The van der Waals surface area contributed by atoms with Crippen molar-refractivity contribution in [2.75, 3.05) is 12.8 Å². The van der Waals surface area contributed by atoms with Crippen LogP contribution in [-0.4, -0.2) is 69.9 Å². The summed E-state index contributed by atoms with van der Waals surface area (Å²) in [5.74, 6) is -0.436. The molecule has 2 aliphatic heterocycles. The van der Waals surface area contributed by atoms with Crippen LogP contribution in [0.3, 0.4) is 0 Å². The molecule has 0 bridgehead atoms. The number of rotatable bonds is 6. The zero-order valence-corrected chi connectivity index (χ0v) is 23.1. The monoisotopic (exact) mass is 527 g/mol. The van der Waals surface area contributed by atoms with Gasteiger partial charge in [-0.25, -0.2) is 4.79 Å². The van der Waals surface area contributed by atoms with E-state index in [1.54, 1.807) is 38.7 Å². The minimum absolute atomic E-state index is 0.188. The molecule has 1 aliphatic carbocycles. The Hall–Kier alpha value is -3.30. The summed E-state index contributed by atoms with van der Waals surface area (Å²) in [6.07, 6.45) is 3.95. The Kier molecular flexibility index (Phi) is 7.63. The van der Waals surface area contributed by atoms with Gasteiger partial charge in [0.2, 0.25) is 17.7 Å². The zero-order valence-electron chi connectivity index (χ0n) is 23.1. The third kappa shape index (κ3) is 5.73.